The van der Waals surface area contributed by atoms with E-state index in [0.717, 1.165) is 6.61 Å². The van der Waals surface area contributed by atoms with Gasteiger partial charge in [-0.25, -0.2) is 0 Å². The maximum Gasteiger partial charge on any atom is 0.0632 e. The van der Waals surface area contributed by atoms with E-state index < -0.39 is 0 Å². The molecule has 3 nitrogen and oxygen atoms in total. The molecular formula is C11H24N2O. The Kier molecular flexibility index (Phi) is 4.35. The Balaban J connectivity index is 2.39. The van der Waals surface area contributed by atoms with Crippen LogP contribution in [0.4, 0.5) is 0 Å². The molecule has 14 heavy (non-hydrogen) atoms. The van der Waals surface area contributed by atoms with Crippen LogP contribution in [-0.4, -0.2) is 19.8 Å². The molecule has 1 rings (SSSR count). The molecule has 84 valence electrons. The smallest absolute Gasteiger partial charge is 0.0632 e. The number of nitrogens with two attached hydrogens (primary N) is 1. The summed E-state index contributed by atoms with van der Waals surface area (Å²) in [6.07, 6.45) is 5.15. The van der Waals surface area contributed by atoms with Crippen molar-refractivity contribution < 1.29 is 4.74 Å². The molecule has 1 aliphatic rings. The second-order valence-electron chi connectivity index (χ2n) is 5.23. The first kappa shape index (κ1) is 12.0. The third-order valence-corrected chi connectivity index (χ3v) is 3.51. The predicted octanol–water partition coefficient (Wildman–Crippen LogP) is 1.68. The van der Waals surface area contributed by atoms with Gasteiger partial charge in [0.25, 0.3) is 0 Å². The zero-order chi connectivity index (χ0) is 10.6. The highest BCUT2D eigenvalue weighted by Gasteiger charge is 2.30. The van der Waals surface area contributed by atoms with Crippen LogP contribution >= 0.6 is 0 Å². The fourth-order valence-electron chi connectivity index (χ4n) is 2.32. The molecule has 1 unspecified atom stereocenters. The molecule has 3 N–H and O–H groups in total. The number of hydrogen-bond donors (Lipinski definition) is 2. The summed E-state index contributed by atoms with van der Waals surface area (Å²) in [5.74, 6) is 6.22. The van der Waals surface area contributed by atoms with Gasteiger partial charge in [-0.3, -0.25) is 11.3 Å². The normalized spacial score (nSPS) is 24.9. The molecule has 0 aromatic rings. The number of hydrogen-bond acceptors (Lipinski definition) is 3. The van der Waals surface area contributed by atoms with Gasteiger partial charge < -0.3 is 4.74 Å². The van der Waals surface area contributed by atoms with Gasteiger partial charge in [-0.2, -0.15) is 0 Å². The summed E-state index contributed by atoms with van der Waals surface area (Å²) >= 11 is 0. The summed E-state index contributed by atoms with van der Waals surface area (Å²) < 4.78 is 5.16. The third-order valence-electron chi connectivity index (χ3n) is 3.51. The number of methoxy groups -OCH3 is 1. The van der Waals surface area contributed by atoms with Crippen LogP contribution in [0.3, 0.4) is 0 Å². The molecule has 1 saturated carbocycles. The van der Waals surface area contributed by atoms with Crippen molar-refractivity contribution in [2.75, 3.05) is 13.7 Å². The molecule has 1 fully saturated rings. The van der Waals surface area contributed by atoms with Crippen molar-refractivity contribution in [1.29, 1.82) is 0 Å². The fraction of sp³-hybridized carbons (Fsp3) is 1.00. The van der Waals surface area contributed by atoms with E-state index in [1.807, 2.05) is 0 Å². The molecular weight excluding hydrogens is 176 g/mol. The monoisotopic (exact) mass is 200 g/mol. The van der Waals surface area contributed by atoms with Crippen molar-refractivity contribution in [2.24, 2.45) is 17.2 Å². The Morgan fingerprint density at radius 2 is 2.00 bits per heavy atom. The first-order valence-electron chi connectivity index (χ1n) is 5.54. The number of hydrazine groups is 1. The average Bonchev–Trinajstić information content (AvgIpc) is 2.15. The van der Waals surface area contributed by atoms with Crippen molar-refractivity contribution in [3.63, 3.8) is 0 Å². The molecule has 0 spiro atoms. The third kappa shape index (κ3) is 3.23. The summed E-state index contributed by atoms with van der Waals surface area (Å²) in [4.78, 5) is 0. The van der Waals surface area contributed by atoms with Gasteiger partial charge in [-0.1, -0.05) is 13.8 Å². The lowest BCUT2D eigenvalue weighted by Gasteiger charge is -2.37. The molecule has 1 aliphatic carbocycles. The van der Waals surface area contributed by atoms with Crippen molar-refractivity contribution in [1.82, 2.24) is 5.43 Å². The Morgan fingerprint density at radius 1 is 1.43 bits per heavy atom. The minimum absolute atomic E-state index is 0.330. The fourth-order valence-corrected chi connectivity index (χ4v) is 2.32. The Morgan fingerprint density at radius 3 is 2.43 bits per heavy atom. The lowest BCUT2D eigenvalue weighted by atomic mass is 9.71. The number of rotatable bonds is 4. The van der Waals surface area contributed by atoms with Crippen LogP contribution in [0.15, 0.2) is 0 Å². The van der Waals surface area contributed by atoms with E-state index in [1.165, 1.54) is 25.7 Å². The van der Waals surface area contributed by atoms with E-state index in [9.17, 15) is 0 Å². The number of ether oxygens (including phenoxy) is 1. The summed E-state index contributed by atoms with van der Waals surface area (Å²) in [7, 11) is 1.73. The number of nitrogens with one attached hydrogen (secondary N) is 1. The summed E-state index contributed by atoms with van der Waals surface area (Å²) in [6, 6.07) is 0.330. The average molecular weight is 200 g/mol. The molecule has 0 aromatic heterocycles. The van der Waals surface area contributed by atoms with E-state index in [4.69, 9.17) is 10.6 Å². The molecule has 0 amide bonds. The van der Waals surface area contributed by atoms with Gasteiger partial charge in [0.05, 0.1) is 6.61 Å². The molecule has 0 aliphatic heterocycles. The topological polar surface area (TPSA) is 47.3 Å². The zero-order valence-electron chi connectivity index (χ0n) is 9.68. The first-order chi connectivity index (χ1) is 6.59. The van der Waals surface area contributed by atoms with Gasteiger partial charge in [-0.15, -0.1) is 0 Å². The van der Waals surface area contributed by atoms with Crippen molar-refractivity contribution in [3.05, 3.63) is 0 Å². The molecule has 0 saturated heterocycles. The lowest BCUT2D eigenvalue weighted by molar-refractivity contribution is 0.0998. The standard InChI is InChI=1S/C11H24N2O/c1-11(2)6-4-9(5-7-11)10(13-12)8-14-3/h9-10,13H,4-8,12H2,1-3H3. The van der Waals surface area contributed by atoms with E-state index in [1.54, 1.807) is 7.11 Å². The van der Waals surface area contributed by atoms with Gasteiger partial charge in [0.15, 0.2) is 0 Å². The van der Waals surface area contributed by atoms with Gasteiger partial charge in [-0.05, 0) is 37.0 Å². The maximum absolute atomic E-state index is 5.53. The molecule has 0 bridgehead atoms. The van der Waals surface area contributed by atoms with Crippen LogP contribution in [0.1, 0.15) is 39.5 Å². The first-order valence-corrected chi connectivity index (χ1v) is 5.54. The maximum atomic E-state index is 5.53. The Bertz CT molecular complexity index is 161. The zero-order valence-corrected chi connectivity index (χ0v) is 9.68. The van der Waals surface area contributed by atoms with Gasteiger partial charge in [0.2, 0.25) is 0 Å². The molecule has 0 aromatic carbocycles. The highest BCUT2D eigenvalue weighted by Crippen LogP contribution is 2.39. The summed E-state index contributed by atoms with van der Waals surface area (Å²) in [5, 5.41) is 0. The van der Waals surface area contributed by atoms with E-state index >= 15 is 0 Å². The molecule has 3 heteroatoms. The Labute approximate surface area is 87.4 Å². The van der Waals surface area contributed by atoms with Crippen molar-refractivity contribution >= 4 is 0 Å². The van der Waals surface area contributed by atoms with Crippen LogP contribution in [0.2, 0.25) is 0 Å². The van der Waals surface area contributed by atoms with Crippen molar-refractivity contribution in [3.8, 4) is 0 Å². The van der Waals surface area contributed by atoms with Gasteiger partial charge in [0, 0.05) is 13.2 Å². The molecule has 0 heterocycles. The van der Waals surface area contributed by atoms with E-state index in [0.29, 0.717) is 17.4 Å². The minimum Gasteiger partial charge on any atom is -0.383 e. The predicted molar refractivity (Wildman–Crippen MR) is 58.7 cm³/mol. The minimum atomic E-state index is 0.330. The van der Waals surface area contributed by atoms with Crippen LogP contribution in [0.5, 0.6) is 0 Å². The highest BCUT2D eigenvalue weighted by molar-refractivity contribution is 4.84. The molecule has 1 atom stereocenters. The van der Waals surface area contributed by atoms with Gasteiger partial charge in [0.1, 0.15) is 0 Å². The van der Waals surface area contributed by atoms with Crippen LogP contribution in [0.25, 0.3) is 0 Å². The van der Waals surface area contributed by atoms with Crippen molar-refractivity contribution in [2.45, 2.75) is 45.6 Å². The van der Waals surface area contributed by atoms with E-state index in [2.05, 4.69) is 19.3 Å². The summed E-state index contributed by atoms with van der Waals surface area (Å²) in [5.41, 5.74) is 3.41. The summed E-state index contributed by atoms with van der Waals surface area (Å²) in [6.45, 7) is 5.43. The van der Waals surface area contributed by atoms with Crippen LogP contribution in [0, 0.1) is 11.3 Å². The highest BCUT2D eigenvalue weighted by atomic mass is 16.5. The SMILES string of the molecule is COCC(NN)C1CCC(C)(C)CC1. The van der Waals surface area contributed by atoms with E-state index in [-0.39, 0.29) is 0 Å². The van der Waals surface area contributed by atoms with Gasteiger partial charge >= 0.3 is 0 Å². The van der Waals surface area contributed by atoms with Crippen LogP contribution < -0.4 is 11.3 Å². The largest absolute Gasteiger partial charge is 0.383 e. The molecule has 0 radical (unpaired) electrons. The lowest BCUT2D eigenvalue weighted by Crippen LogP contribution is -2.45. The Hall–Kier alpha value is -0.120. The second-order valence-corrected chi connectivity index (χ2v) is 5.23. The van der Waals surface area contributed by atoms with Crippen LogP contribution in [-0.2, 0) is 4.74 Å². The quantitative estimate of drug-likeness (QED) is 0.536. The second kappa shape index (κ2) is 5.10.